The highest BCUT2D eigenvalue weighted by Gasteiger charge is 2.47. The molecule has 2 aromatic rings. The number of benzene rings is 1. The molecule has 3 aliphatic rings. The predicted octanol–water partition coefficient (Wildman–Crippen LogP) is 6.67. The van der Waals surface area contributed by atoms with Gasteiger partial charge < -0.3 is 43.6 Å². The number of esters is 1. The van der Waals surface area contributed by atoms with Crippen molar-refractivity contribution in [2.75, 3.05) is 59.2 Å². The van der Waals surface area contributed by atoms with Crippen molar-refractivity contribution in [3.63, 3.8) is 0 Å². The maximum absolute atomic E-state index is 14.3. The molecule has 3 amide bonds. The highest BCUT2D eigenvalue weighted by molar-refractivity contribution is 6.00. The first-order chi connectivity index (χ1) is 26.4. The number of amides is 3. The van der Waals surface area contributed by atoms with E-state index in [2.05, 4.69) is 10.6 Å². The van der Waals surface area contributed by atoms with Gasteiger partial charge in [0.05, 0.1) is 32.0 Å². The van der Waals surface area contributed by atoms with Gasteiger partial charge in [-0.3, -0.25) is 9.59 Å². The number of ether oxygens (including phenoxy) is 5. The minimum absolute atomic E-state index is 0.00329. The van der Waals surface area contributed by atoms with E-state index in [4.69, 9.17) is 28.1 Å². The number of hydrogen-bond donors (Lipinski definition) is 2. The van der Waals surface area contributed by atoms with Crippen molar-refractivity contribution in [3.05, 3.63) is 30.0 Å². The second-order valence-corrected chi connectivity index (χ2v) is 16.2. The average molecular weight is 774 g/mol. The number of hydrogen-bond acceptors (Lipinski definition) is 10. The summed E-state index contributed by atoms with van der Waals surface area (Å²) >= 11 is 0. The van der Waals surface area contributed by atoms with Crippen molar-refractivity contribution in [2.24, 2.45) is 23.7 Å². The summed E-state index contributed by atoms with van der Waals surface area (Å²) in [6, 6.07) is 5.44. The number of nitrogens with zero attached hydrogens (tertiary/aromatic N) is 1. The van der Waals surface area contributed by atoms with Gasteiger partial charge in [0.25, 0.3) is 0 Å². The Balaban J connectivity index is 1.23. The number of methoxy groups -OCH3 is 2. The maximum Gasteiger partial charge on any atom is 0.407 e. The molecule has 1 aromatic carbocycles. The molecule has 14 heteroatoms. The van der Waals surface area contributed by atoms with Crippen LogP contribution in [0.3, 0.4) is 0 Å². The Morgan fingerprint density at radius 3 is 2.35 bits per heavy atom. The Labute approximate surface area is 323 Å². The maximum atomic E-state index is 14.3. The Hall–Kier alpha value is -3.75. The normalized spacial score (nSPS) is 25.0. The van der Waals surface area contributed by atoms with Crippen LogP contribution < -0.4 is 10.6 Å². The van der Waals surface area contributed by atoms with Crippen LogP contribution in [0.25, 0.3) is 11.0 Å². The minimum Gasteiger partial charge on any atom is -0.460 e. The summed E-state index contributed by atoms with van der Waals surface area (Å²) in [6.45, 7) is 6.64. The third-order valence-corrected chi connectivity index (χ3v) is 11.3. The minimum atomic E-state index is -0.717. The van der Waals surface area contributed by atoms with E-state index >= 15 is 0 Å². The van der Waals surface area contributed by atoms with Gasteiger partial charge in [0, 0.05) is 50.8 Å². The van der Waals surface area contributed by atoms with Gasteiger partial charge in [-0.15, -0.1) is 0 Å². The molecular weight excluding hydrogens is 713 g/mol. The van der Waals surface area contributed by atoms with E-state index in [1.54, 1.807) is 64.2 Å². The molecule has 1 aliphatic heterocycles. The van der Waals surface area contributed by atoms with Crippen LogP contribution in [0.4, 0.5) is 14.9 Å². The lowest BCUT2D eigenvalue weighted by Gasteiger charge is -2.38. The first-order valence-electron chi connectivity index (χ1n) is 19.9. The lowest BCUT2D eigenvalue weighted by molar-refractivity contribution is -0.142. The highest BCUT2D eigenvalue weighted by atomic mass is 19.1. The first-order valence-corrected chi connectivity index (χ1v) is 19.9. The average Bonchev–Trinajstić information content (AvgIpc) is 3.81. The van der Waals surface area contributed by atoms with Crippen LogP contribution in [-0.2, 0) is 33.3 Å². The zero-order valence-electron chi connectivity index (χ0n) is 33.1. The number of nitrogens with one attached hydrogen (secondary N) is 2. The summed E-state index contributed by atoms with van der Waals surface area (Å²) in [5, 5.41) is 6.41. The molecule has 0 spiro atoms. The number of alkyl halides is 1. The molecule has 0 radical (unpaired) electrons. The number of carbonyl (C=O) groups is 4. The molecule has 306 valence electrons. The molecule has 13 nitrogen and oxygen atoms in total. The van der Waals surface area contributed by atoms with Gasteiger partial charge >= 0.3 is 12.1 Å². The van der Waals surface area contributed by atoms with Gasteiger partial charge in [-0.2, -0.15) is 0 Å². The fraction of sp³-hybridized carbons (Fsp3) is 0.707. The lowest BCUT2D eigenvalue weighted by atomic mass is 9.75. The van der Waals surface area contributed by atoms with Gasteiger partial charge in [0.1, 0.15) is 23.9 Å². The van der Waals surface area contributed by atoms with Crippen LogP contribution in [0.1, 0.15) is 95.5 Å². The van der Waals surface area contributed by atoms with E-state index < -0.39 is 36.4 Å². The summed E-state index contributed by atoms with van der Waals surface area (Å²) in [5.41, 5.74) is 0.314. The van der Waals surface area contributed by atoms with Crippen LogP contribution in [0.5, 0.6) is 0 Å². The predicted molar refractivity (Wildman–Crippen MR) is 203 cm³/mol. The van der Waals surface area contributed by atoms with E-state index in [1.807, 2.05) is 0 Å². The zero-order chi connectivity index (χ0) is 39.5. The Kier molecular flexibility index (Phi) is 15.3. The fourth-order valence-electron chi connectivity index (χ4n) is 8.47. The Bertz CT molecular complexity index is 1580. The van der Waals surface area contributed by atoms with Crippen LogP contribution in [0.2, 0.25) is 0 Å². The fourth-order valence-corrected chi connectivity index (χ4v) is 8.47. The van der Waals surface area contributed by atoms with Gasteiger partial charge in [-0.05, 0) is 121 Å². The second kappa shape index (κ2) is 19.9. The van der Waals surface area contributed by atoms with Crippen LogP contribution >= 0.6 is 0 Å². The molecule has 1 aromatic heterocycles. The summed E-state index contributed by atoms with van der Waals surface area (Å²) in [5.74, 6) is -0.942. The summed E-state index contributed by atoms with van der Waals surface area (Å²) in [6.07, 6.45) is 6.79. The molecule has 5 rings (SSSR count). The standard InChI is InChI=1S/C41H60FN3O10/c1-41(2,3)55-40(49)44-33(25-42)27-7-9-28(10-8-27)38(47)45-18-17-32(26-11-14-31(51-5)15-12-26)36(45)37(46)43-30-13-16-34-29(23-30)24-35(54-34)39(48)53-20-6-19-52-22-21-50-4/h13,16,23-24,26-28,31-33,36H,6-12,14-15,17-22,25H2,1-5H3,(H,43,46)(H,44,49)/t26?,27?,28?,31?,32-,33-,36+/m1/s1. The summed E-state index contributed by atoms with van der Waals surface area (Å²) in [7, 11) is 3.34. The highest BCUT2D eigenvalue weighted by Crippen LogP contribution is 2.42. The first kappa shape index (κ1) is 42.4. The number of furan rings is 1. The lowest BCUT2D eigenvalue weighted by Crippen LogP contribution is -2.50. The molecule has 2 aliphatic carbocycles. The second-order valence-electron chi connectivity index (χ2n) is 16.2. The molecule has 55 heavy (non-hydrogen) atoms. The summed E-state index contributed by atoms with van der Waals surface area (Å²) in [4.78, 5) is 55.4. The van der Waals surface area contributed by atoms with E-state index in [0.29, 0.717) is 75.1 Å². The van der Waals surface area contributed by atoms with Crippen molar-refractivity contribution in [1.29, 1.82) is 0 Å². The number of likely N-dealkylation sites (tertiary alicyclic amines) is 1. The van der Waals surface area contributed by atoms with Crippen molar-refractivity contribution < 1.29 is 51.7 Å². The topological polar surface area (TPSA) is 155 Å². The largest absolute Gasteiger partial charge is 0.460 e. The number of alkyl carbamates (subject to hydrolysis) is 1. The Morgan fingerprint density at radius 2 is 1.67 bits per heavy atom. The van der Waals surface area contributed by atoms with E-state index in [9.17, 15) is 23.6 Å². The number of anilines is 1. The smallest absolute Gasteiger partial charge is 0.407 e. The molecule has 0 bridgehead atoms. The van der Waals surface area contributed by atoms with E-state index in [-0.39, 0.29) is 54.0 Å². The zero-order valence-corrected chi connectivity index (χ0v) is 33.1. The van der Waals surface area contributed by atoms with Gasteiger partial charge in [-0.25, -0.2) is 14.0 Å². The van der Waals surface area contributed by atoms with Gasteiger partial charge in [0.15, 0.2) is 0 Å². The number of halogens is 1. The van der Waals surface area contributed by atoms with Crippen molar-refractivity contribution >= 4 is 40.5 Å². The third kappa shape index (κ3) is 11.6. The third-order valence-electron chi connectivity index (χ3n) is 11.3. The molecule has 2 N–H and O–H groups in total. The quantitative estimate of drug-likeness (QED) is 0.140. The summed E-state index contributed by atoms with van der Waals surface area (Å²) < 4.78 is 46.5. The van der Waals surface area contributed by atoms with Crippen molar-refractivity contribution in [2.45, 2.75) is 109 Å². The van der Waals surface area contributed by atoms with E-state index in [0.717, 1.165) is 32.1 Å². The van der Waals surface area contributed by atoms with Crippen molar-refractivity contribution in [3.8, 4) is 0 Å². The monoisotopic (exact) mass is 773 g/mol. The molecular formula is C41H60FN3O10. The molecule has 0 unspecified atom stereocenters. The molecule has 1 saturated heterocycles. The van der Waals surface area contributed by atoms with Crippen LogP contribution in [0.15, 0.2) is 28.7 Å². The number of carbonyl (C=O) groups excluding carboxylic acids is 4. The van der Waals surface area contributed by atoms with Crippen molar-refractivity contribution in [1.82, 2.24) is 10.2 Å². The van der Waals surface area contributed by atoms with Crippen LogP contribution in [-0.4, -0.2) is 106 Å². The SMILES string of the molecule is COCCOCCCOC(=O)c1cc2cc(NC(=O)[C@@H]3[C@@H](C4CCC(OC)CC4)CCN3C(=O)C3CCC([C@@H](CF)NC(=O)OC(C)(C)C)CC3)ccc2o1. The van der Waals surface area contributed by atoms with Crippen LogP contribution in [0, 0.1) is 23.7 Å². The van der Waals surface area contributed by atoms with Gasteiger partial charge in [-0.1, -0.05) is 0 Å². The number of rotatable bonds is 16. The van der Waals surface area contributed by atoms with E-state index in [1.165, 1.54) is 0 Å². The molecule has 3 fully saturated rings. The number of fused-ring (bicyclic) bond motifs is 1. The molecule has 2 heterocycles. The van der Waals surface area contributed by atoms with Gasteiger partial charge in [0.2, 0.25) is 17.6 Å². The Morgan fingerprint density at radius 1 is 0.927 bits per heavy atom. The molecule has 3 atom stereocenters. The molecule has 2 saturated carbocycles.